The summed E-state index contributed by atoms with van der Waals surface area (Å²) in [4.78, 5) is 15.2. The fraction of sp³-hybridized carbons (Fsp3) is 0.200. The number of rotatable bonds is 6. The van der Waals surface area contributed by atoms with Gasteiger partial charge in [-0.25, -0.2) is 8.42 Å². The molecule has 33 heavy (non-hydrogen) atoms. The summed E-state index contributed by atoms with van der Waals surface area (Å²) in [6.07, 6.45) is 2.47. The molecule has 0 unspecified atom stereocenters. The van der Waals surface area contributed by atoms with E-state index in [0.29, 0.717) is 24.9 Å². The average molecular weight is 484 g/mol. The van der Waals surface area contributed by atoms with Crippen molar-refractivity contribution in [2.45, 2.75) is 35.5 Å². The van der Waals surface area contributed by atoms with Crippen LogP contribution in [0.15, 0.2) is 82.6 Å². The maximum Gasteiger partial charge on any atom is 0.227 e. The number of halogens is 1. The van der Waals surface area contributed by atoms with Crippen LogP contribution < -0.4 is 10.6 Å². The summed E-state index contributed by atoms with van der Waals surface area (Å²) >= 11 is 0. The van der Waals surface area contributed by atoms with Gasteiger partial charge in [0.15, 0.2) is 0 Å². The molecule has 0 aromatic heterocycles. The number of nitrogens with zero attached hydrogens (tertiary/aromatic N) is 1. The maximum absolute atomic E-state index is 13.0. The molecule has 6 nitrogen and oxygen atoms in total. The van der Waals surface area contributed by atoms with Gasteiger partial charge in [-0.2, -0.15) is 0 Å². The summed E-state index contributed by atoms with van der Waals surface area (Å²) in [6, 6.07) is 20.8. The first kappa shape index (κ1) is 24.5. The standard InChI is InChI=1S/C25H25N3O3S.ClH/c26-25(27)19-11-8-18(9-12-19)10-15-24(29)28-16-4-5-20-17-22(13-14-23(20)28)32(30,31)21-6-2-1-3-7-21;/h1-3,6-9,11-14,17H,4-5,10,15-16H2,(H3,26,27);1H. The Morgan fingerprint density at radius 2 is 1.67 bits per heavy atom. The minimum absolute atomic E-state index is 0. The zero-order valence-electron chi connectivity index (χ0n) is 18.0. The molecule has 0 fully saturated rings. The zero-order chi connectivity index (χ0) is 22.7. The van der Waals surface area contributed by atoms with Crippen LogP contribution in [0.2, 0.25) is 0 Å². The number of aryl methyl sites for hydroxylation is 2. The number of hydrogen-bond acceptors (Lipinski definition) is 4. The summed E-state index contributed by atoms with van der Waals surface area (Å²) < 4.78 is 25.9. The van der Waals surface area contributed by atoms with Crippen molar-refractivity contribution in [1.29, 1.82) is 5.41 Å². The van der Waals surface area contributed by atoms with Gasteiger partial charge in [0.05, 0.1) is 9.79 Å². The van der Waals surface area contributed by atoms with Crippen molar-refractivity contribution in [3.05, 3.63) is 89.5 Å². The van der Waals surface area contributed by atoms with Crippen LogP contribution in [-0.2, 0) is 27.5 Å². The largest absolute Gasteiger partial charge is 0.384 e. The average Bonchev–Trinajstić information content (AvgIpc) is 2.82. The first-order valence-electron chi connectivity index (χ1n) is 10.5. The molecule has 8 heteroatoms. The molecule has 0 bridgehead atoms. The van der Waals surface area contributed by atoms with Gasteiger partial charge in [0.2, 0.25) is 15.7 Å². The van der Waals surface area contributed by atoms with E-state index in [2.05, 4.69) is 0 Å². The number of nitrogen functional groups attached to an aromatic ring is 1. The molecular formula is C25H26ClN3O3S. The van der Waals surface area contributed by atoms with Gasteiger partial charge in [-0.3, -0.25) is 10.2 Å². The lowest BCUT2D eigenvalue weighted by molar-refractivity contribution is -0.118. The van der Waals surface area contributed by atoms with Crippen molar-refractivity contribution in [2.24, 2.45) is 5.73 Å². The summed E-state index contributed by atoms with van der Waals surface area (Å²) in [5.41, 5.74) is 8.82. The molecule has 1 heterocycles. The van der Waals surface area contributed by atoms with Crippen molar-refractivity contribution in [1.82, 2.24) is 0 Å². The molecule has 1 aliphatic rings. The van der Waals surface area contributed by atoms with Crippen LogP contribution in [-0.4, -0.2) is 26.7 Å². The number of carbonyl (C=O) groups is 1. The van der Waals surface area contributed by atoms with Gasteiger partial charge in [0.25, 0.3) is 0 Å². The number of anilines is 1. The molecule has 1 amide bonds. The van der Waals surface area contributed by atoms with Crippen LogP contribution in [0.4, 0.5) is 5.69 Å². The van der Waals surface area contributed by atoms with Crippen LogP contribution in [0, 0.1) is 5.41 Å². The van der Waals surface area contributed by atoms with E-state index < -0.39 is 9.84 Å². The highest BCUT2D eigenvalue weighted by Crippen LogP contribution is 2.32. The number of nitrogens with one attached hydrogen (secondary N) is 1. The zero-order valence-corrected chi connectivity index (χ0v) is 19.7. The lowest BCUT2D eigenvalue weighted by Gasteiger charge is -2.30. The second-order valence-electron chi connectivity index (χ2n) is 7.87. The molecule has 3 N–H and O–H groups in total. The number of amides is 1. The summed E-state index contributed by atoms with van der Waals surface area (Å²) in [5.74, 6) is 0.0338. The first-order valence-corrected chi connectivity index (χ1v) is 12.0. The molecule has 0 saturated heterocycles. The second-order valence-corrected chi connectivity index (χ2v) is 9.82. The highest BCUT2D eigenvalue weighted by molar-refractivity contribution is 7.91. The Kier molecular flexibility index (Phi) is 7.56. The van der Waals surface area contributed by atoms with E-state index in [0.717, 1.165) is 29.7 Å². The number of nitrogens with two attached hydrogens (primary N) is 1. The normalized spacial score (nSPS) is 13.0. The van der Waals surface area contributed by atoms with Gasteiger partial charge in [-0.15, -0.1) is 12.4 Å². The molecule has 172 valence electrons. The van der Waals surface area contributed by atoms with E-state index in [1.165, 1.54) is 0 Å². The molecule has 4 rings (SSSR count). The van der Waals surface area contributed by atoms with E-state index in [9.17, 15) is 13.2 Å². The minimum atomic E-state index is -3.59. The van der Waals surface area contributed by atoms with Crippen molar-refractivity contribution in [2.75, 3.05) is 11.4 Å². The topological polar surface area (TPSA) is 104 Å². The third kappa shape index (κ3) is 5.26. The van der Waals surface area contributed by atoms with Crippen molar-refractivity contribution in [3.8, 4) is 0 Å². The van der Waals surface area contributed by atoms with Crippen LogP contribution in [0.5, 0.6) is 0 Å². The Labute approximate surface area is 200 Å². The molecule has 0 aliphatic carbocycles. The number of carbonyl (C=O) groups excluding carboxylic acids is 1. The van der Waals surface area contributed by atoms with E-state index >= 15 is 0 Å². The summed E-state index contributed by atoms with van der Waals surface area (Å²) in [7, 11) is -3.59. The van der Waals surface area contributed by atoms with Crippen LogP contribution in [0.1, 0.15) is 29.5 Å². The molecule has 0 radical (unpaired) electrons. The molecular weight excluding hydrogens is 458 g/mol. The molecule has 0 spiro atoms. The van der Waals surface area contributed by atoms with Gasteiger partial charge < -0.3 is 10.6 Å². The Hall–Kier alpha value is -3.16. The molecule has 1 aliphatic heterocycles. The summed E-state index contributed by atoms with van der Waals surface area (Å²) in [5, 5.41) is 7.46. The highest BCUT2D eigenvalue weighted by atomic mass is 35.5. The summed E-state index contributed by atoms with van der Waals surface area (Å²) in [6.45, 7) is 0.625. The van der Waals surface area contributed by atoms with Crippen molar-refractivity contribution in [3.63, 3.8) is 0 Å². The Morgan fingerprint density at radius 1 is 0.970 bits per heavy atom. The minimum Gasteiger partial charge on any atom is -0.384 e. The number of sulfone groups is 1. The van der Waals surface area contributed by atoms with E-state index in [4.69, 9.17) is 11.1 Å². The Balaban J connectivity index is 0.00000306. The Morgan fingerprint density at radius 3 is 2.33 bits per heavy atom. The van der Waals surface area contributed by atoms with Crippen LogP contribution >= 0.6 is 12.4 Å². The SMILES string of the molecule is Cl.N=C(N)c1ccc(CCC(=O)N2CCCc3cc(S(=O)(=O)c4ccccc4)ccc32)cc1. The van der Waals surface area contributed by atoms with E-state index in [-0.39, 0.29) is 33.9 Å². The van der Waals surface area contributed by atoms with Gasteiger partial charge in [-0.05, 0) is 60.7 Å². The van der Waals surface area contributed by atoms with Gasteiger partial charge in [-0.1, -0.05) is 42.5 Å². The fourth-order valence-corrected chi connectivity index (χ4v) is 5.30. The monoisotopic (exact) mass is 483 g/mol. The third-order valence-corrected chi connectivity index (χ3v) is 7.49. The highest BCUT2D eigenvalue weighted by Gasteiger charge is 2.25. The van der Waals surface area contributed by atoms with Gasteiger partial charge >= 0.3 is 0 Å². The maximum atomic E-state index is 13.0. The van der Waals surface area contributed by atoms with E-state index in [1.54, 1.807) is 65.6 Å². The predicted molar refractivity (Wildman–Crippen MR) is 132 cm³/mol. The molecule has 0 saturated carbocycles. The Bertz CT molecular complexity index is 1260. The number of hydrogen-bond donors (Lipinski definition) is 2. The van der Waals surface area contributed by atoms with Gasteiger partial charge in [0.1, 0.15) is 5.84 Å². The second kappa shape index (κ2) is 10.2. The number of fused-ring (bicyclic) bond motifs is 1. The smallest absolute Gasteiger partial charge is 0.227 e. The lowest BCUT2D eigenvalue weighted by Crippen LogP contribution is -2.35. The lowest BCUT2D eigenvalue weighted by atomic mass is 10.0. The third-order valence-electron chi connectivity index (χ3n) is 5.73. The number of benzene rings is 3. The molecule has 0 atom stereocenters. The van der Waals surface area contributed by atoms with Crippen molar-refractivity contribution < 1.29 is 13.2 Å². The van der Waals surface area contributed by atoms with Crippen LogP contribution in [0.25, 0.3) is 0 Å². The number of amidine groups is 1. The van der Waals surface area contributed by atoms with Crippen molar-refractivity contribution >= 4 is 39.7 Å². The van der Waals surface area contributed by atoms with Gasteiger partial charge in [0, 0.05) is 24.2 Å². The van der Waals surface area contributed by atoms with E-state index in [1.807, 2.05) is 12.1 Å². The van der Waals surface area contributed by atoms with Crippen LogP contribution in [0.3, 0.4) is 0 Å². The molecule has 3 aromatic rings. The quantitative estimate of drug-likeness (QED) is 0.406. The molecule has 3 aromatic carbocycles. The predicted octanol–water partition coefficient (Wildman–Crippen LogP) is 4.14. The fourth-order valence-electron chi connectivity index (χ4n) is 3.97. The first-order chi connectivity index (χ1) is 15.4.